The van der Waals surface area contributed by atoms with Gasteiger partial charge in [-0.15, -0.1) is 0 Å². The maximum absolute atomic E-state index is 9.44. The third kappa shape index (κ3) is 25.6. The Kier molecular flexibility index (Phi) is 26.2. The molecule has 1 aromatic rings. The van der Waals surface area contributed by atoms with Gasteiger partial charge in [-0.3, -0.25) is 0 Å². The van der Waals surface area contributed by atoms with Gasteiger partial charge in [-0.1, -0.05) is 99.4 Å². The van der Waals surface area contributed by atoms with Crippen LogP contribution in [0.1, 0.15) is 48.5 Å². The fourth-order valence-electron chi connectivity index (χ4n) is 1.56. The molecular formula is C26H41NO. The van der Waals surface area contributed by atoms with Crippen molar-refractivity contribution in [2.75, 3.05) is 7.05 Å². The summed E-state index contributed by atoms with van der Waals surface area (Å²) in [4.78, 5) is 11.7. The van der Waals surface area contributed by atoms with Gasteiger partial charge in [0.2, 0.25) is 0 Å². The van der Waals surface area contributed by atoms with Crippen molar-refractivity contribution in [2.45, 2.75) is 54.5 Å². The van der Waals surface area contributed by atoms with Crippen LogP contribution in [0.25, 0.3) is 0 Å². The van der Waals surface area contributed by atoms with E-state index >= 15 is 0 Å². The largest absolute Gasteiger partial charge is 0.372 e. The highest BCUT2D eigenvalue weighted by atomic mass is 16.1. The van der Waals surface area contributed by atoms with Crippen molar-refractivity contribution in [1.82, 2.24) is 4.90 Å². The first-order chi connectivity index (χ1) is 13.4. The van der Waals surface area contributed by atoms with Gasteiger partial charge < -0.3 is 9.69 Å². The molecule has 0 saturated heterocycles. The third-order valence-corrected chi connectivity index (χ3v) is 3.11. The van der Waals surface area contributed by atoms with Crippen LogP contribution >= 0.6 is 0 Å². The van der Waals surface area contributed by atoms with E-state index in [0.717, 1.165) is 0 Å². The standard InChI is InChI=1S/C15H23N.C6H6.C3H6O.C2H6/c1-6-8-10-12-14(3)16(5)15(4)13-11-9-7-2;1-2-4-6-5-3-1;1-3(2)4;1-2/h6-13,15H,1H2,2-5H3;1-6H;1-2H3;1-2H3/b9-7-,10-8-,13-11-,14-12+;;;. The number of ketones is 1. The molecule has 1 rings (SSSR count). The molecule has 1 aromatic carbocycles. The molecule has 2 heteroatoms. The van der Waals surface area contributed by atoms with Crippen LogP contribution in [-0.2, 0) is 4.79 Å². The van der Waals surface area contributed by atoms with Crippen LogP contribution in [-0.4, -0.2) is 23.8 Å². The summed E-state index contributed by atoms with van der Waals surface area (Å²) in [6.07, 6.45) is 16.1. The Morgan fingerprint density at radius 1 is 0.893 bits per heavy atom. The van der Waals surface area contributed by atoms with Crippen molar-refractivity contribution >= 4 is 5.78 Å². The molecule has 0 saturated carbocycles. The first-order valence-corrected chi connectivity index (χ1v) is 9.82. The van der Waals surface area contributed by atoms with Gasteiger partial charge in [0, 0.05) is 18.8 Å². The molecule has 0 fully saturated rings. The molecule has 0 aliphatic rings. The maximum atomic E-state index is 9.44. The quantitative estimate of drug-likeness (QED) is 0.477. The van der Waals surface area contributed by atoms with Crippen LogP contribution in [0.4, 0.5) is 0 Å². The Labute approximate surface area is 174 Å². The lowest BCUT2D eigenvalue weighted by atomic mass is 10.2. The molecule has 156 valence electrons. The summed E-state index contributed by atoms with van der Waals surface area (Å²) in [5.74, 6) is 0.167. The van der Waals surface area contributed by atoms with E-state index in [1.54, 1.807) is 6.08 Å². The Balaban J connectivity index is -0.000000422. The van der Waals surface area contributed by atoms with Crippen LogP contribution < -0.4 is 0 Å². The molecule has 28 heavy (non-hydrogen) atoms. The smallest absolute Gasteiger partial charge is 0.126 e. The van der Waals surface area contributed by atoms with Crippen molar-refractivity contribution in [1.29, 1.82) is 0 Å². The van der Waals surface area contributed by atoms with Crippen LogP contribution in [0.3, 0.4) is 0 Å². The number of carbonyl (C=O) groups is 1. The molecule has 0 spiro atoms. The highest BCUT2D eigenvalue weighted by Crippen LogP contribution is 2.07. The molecule has 1 unspecified atom stereocenters. The molecule has 0 aliphatic carbocycles. The summed E-state index contributed by atoms with van der Waals surface area (Å²) in [5, 5.41) is 0. The monoisotopic (exact) mass is 383 g/mol. The van der Waals surface area contributed by atoms with Gasteiger partial charge in [-0.05, 0) is 40.7 Å². The van der Waals surface area contributed by atoms with Crippen molar-refractivity contribution in [3.05, 3.63) is 97.3 Å². The fraction of sp³-hybridized carbons (Fsp3) is 0.346. The van der Waals surface area contributed by atoms with E-state index in [1.165, 1.54) is 19.5 Å². The first-order valence-electron chi connectivity index (χ1n) is 9.82. The molecule has 0 N–H and O–H groups in total. The van der Waals surface area contributed by atoms with E-state index < -0.39 is 0 Å². The van der Waals surface area contributed by atoms with Gasteiger partial charge in [-0.25, -0.2) is 0 Å². The number of carbonyl (C=O) groups excluding carboxylic acids is 1. The molecule has 0 amide bonds. The second-order valence-corrected chi connectivity index (χ2v) is 5.75. The van der Waals surface area contributed by atoms with Crippen molar-refractivity contribution in [3.63, 3.8) is 0 Å². The molecular weight excluding hydrogens is 342 g/mol. The highest BCUT2D eigenvalue weighted by molar-refractivity contribution is 5.72. The summed E-state index contributed by atoms with van der Waals surface area (Å²) in [6.45, 7) is 17.0. The Bertz CT molecular complexity index is 549. The van der Waals surface area contributed by atoms with Gasteiger partial charge >= 0.3 is 0 Å². The fourth-order valence-corrected chi connectivity index (χ4v) is 1.56. The van der Waals surface area contributed by atoms with Crippen molar-refractivity contribution < 1.29 is 4.79 Å². The average Bonchev–Trinajstić information content (AvgIpc) is 2.70. The van der Waals surface area contributed by atoms with Gasteiger partial charge in [0.1, 0.15) is 5.78 Å². The summed E-state index contributed by atoms with van der Waals surface area (Å²) >= 11 is 0. The number of rotatable bonds is 6. The minimum absolute atomic E-state index is 0.167. The van der Waals surface area contributed by atoms with Crippen LogP contribution in [0.5, 0.6) is 0 Å². The minimum Gasteiger partial charge on any atom is -0.372 e. The lowest BCUT2D eigenvalue weighted by Crippen LogP contribution is -2.25. The van der Waals surface area contributed by atoms with E-state index in [9.17, 15) is 4.79 Å². The summed E-state index contributed by atoms with van der Waals surface area (Å²) in [5.41, 5.74) is 1.23. The van der Waals surface area contributed by atoms with E-state index in [0.29, 0.717) is 6.04 Å². The summed E-state index contributed by atoms with van der Waals surface area (Å²) in [6, 6.07) is 12.4. The molecule has 0 aliphatic heterocycles. The molecule has 1 atom stereocenters. The second-order valence-electron chi connectivity index (χ2n) is 5.75. The molecule has 0 aromatic heterocycles. The number of benzene rings is 1. The second kappa shape index (κ2) is 24.4. The molecule has 0 heterocycles. The van der Waals surface area contributed by atoms with Gasteiger partial charge in [0.15, 0.2) is 0 Å². The van der Waals surface area contributed by atoms with E-state index in [1.807, 2.05) is 81.5 Å². The number of hydrogen-bond donors (Lipinski definition) is 0. The van der Waals surface area contributed by atoms with Crippen LogP contribution in [0.2, 0.25) is 0 Å². The lowest BCUT2D eigenvalue weighted by Gasteiger charge is -2.24. The summed E-state index contributed by atoms with van der Waals surface area (Å²) in [7, 11) is 2.10. The number of Topliss-reactive ketones (excluding diaryl/α,β-unsaturated/α-hetero) is 1. The number of likely N-dealkylation sites (N-methyl/N-ethyl adjacent to an activating group) is 1. The predicted octanol–water partition coefficient (Wildman–Crippen LogP) is 7.39. The Hall–Kier alpha value is -2.61. The molecule has 0 radical (unpaired) electrons. The van der Waals surface area contributed by atoms with Crippen molar-refractivity contribution in [3.8, 4) is 0 Å². The van der Waals surface area contributed by atoms with Gasteiger partial charge in [-0.2, -0.15) is 0 Å². The zero-order valence-corrected chi connectivity index (χ0v) is 19.2. The zero-order valence-electron chi connectivity index (χ0n) is 19.2. The SMILES string of the molecule is C=C/C=C\C=C(/C)N(C)C(C)/C=C\C=C/C.CC.CC(C)=O.c1ccccc1. The third-order valence-electron chi connectivity index (χ3n) is 3.11. The van der Waals surface area contributed by atoms with Gasteiger partial charge in [0.25, 0.3) is 0 Å². The van der Waals surface area contributed by atoms with E-state index in [4.69, 9.17) is 0 Å². The lowest BCUT2D eigenvalue weighted by molar-refractivity contribution is -0.114. The minimum atomic E-state index is 0.167. The molecule has 0 bridgehead atoms. The molecule has 2 nitrogen and oxygen atoms in total. The Morgan fingerprint density at radius 2 is 1.32 bits per heavy atom. The number of allylic oxidation sites excluding steroid dienone is 8. The Morgan fingerprint density at radius 3 is 1.68 bits per heavy atom. The van der Waals surface area contributed by atoms with Gasteiger partial charge in [0.05, 0.1) is 0 Å². The van der Waals surface area contributed by atoms with E-state index in [2.05, 4.69) is 50.6 Å². The predicted molar refractivity (Wildman–Crippen MR) is 128 cm³/mol. The highest BCUT2D eigenvalue weighted by Gasteiger charge is 2.03. The van der Waals surface area contributed by atoms with Crippen LogP contribution in [0.15, 0.2) is 97.3 Å². The first kappa shape index (κ1) is 30.1. The topological polar surface area (TPSA) is 20.3 Å². The van der Waals surface area contributed by atoms with E-state index in [-0.39, 0.29) is 5.78 Å². The van der Waals surface area contributed by atoms with Crippen LogP contribution in [0, 0.1) is 0 Å². The normalized spacial score (nSPS) is 11.5. The number of hydrogen-bond acceptors (Lipinski definition) is 2. The summed E-state index contributed by atoms with van der Waals surface area (Å²) < 4.78 is 0. The van der Waals surface area contributed by atoms with Crippen molar-refractivity contribution in [2.24, 2.45) is 0 Å². The maximum Gasteiger partial charge on any atom is 0.126 e. The average molecular weight is 384 g/mol. The number of nitrogens with zero attached hydrogens (tertiary/aromatic N) is 1. The zero-order chi connectivity index (χ0) is 22.2.